The van der Waals surface area contributed by atoms with Gasteiger partial charge in [-0.2, -0.15) is 0 Å². The van der Waals surface area contributed by atoms with Gasteiger partial charge in [-0.1, -0.05) is 0 Å². The molecule has 18 heavy (non-hydrogen) atoms. The molecule has 0 spiro atoms. The molecule has 3 rings (SSSR count). The number of nitrogens with one attached hydrogen (secondary N) is 1. The van der Waals surface area contributed by atoms with Crippen LogP contribution in [0.1, 0.15) is 18.4 Å². The van der Waals surface area contributed by atoms with Crippen LogP contribution in [0.25, 0.3) is 10.9 Å². The third-order valence-electron chi connectivity index (χ3n) is 3.93. The maximum Gasteiger partial charge on any atom is 0.125 e. The maximum atomic E-state index is 13.2. The Morgan fingerprint density at radius 2 is 2.33 bits per heavy atom. The van der Waals surface area contributed by atoms with Gasteiger partial charge in [0.05, 0.1) is 4.60 Å². The van der Waals surface area contributed by atoms with E-state index < -0.39 is 0 Å². The van der Waals surface area contributed by atoms with Crippen molar-refractivity contribution in [1.82, 2.24) is 9.88 Å². The van der Waals surface area contributed by atoms with E-state index in [0.29, 0.717) is 6.04 Å². The van der Waals surface area contributed by atoms with Gasteiger partial charge in [-0.15, -0.1) is 0 Å². The van der Waals surface area contributed by atoms with Gasteiger partial charge in [0.2, 0.25) is 0 Å². The van der Waals surface area contributed by atoms with Gasteiger partial charge in [-0.3, -0.25) is 0 Å². The smallest absolute Gasteiger partial charge is 0.125 e. The third-order valence-corrected chi connectivity index (χ3v) is 4.60. The Kier molecular flexibility index (Phi) is 3.16. The molecule has 2 nitrogen and oxygen atoms in total. The van der Waals surface area contributed by atoms with E-state index in [-0.39, 0.29) is 5.82 Å². The lowest BCUT2D eigenvalue weighted by atomic mass is 10.0. The molecule has 1 saturated heterocycles. The summed E-state index contributed by atoms with van der Waals surface area (Å²) in [4.78, 5) is 5.63. The largest absolute Gasteiger partial charge is 0.349 e. The Balaban J connectivity index is 1.98. The molecule has 0 saturated carbocycles. The molecule has 2 aromatic rings. The molecule has 0 radical (unpaired) electrons. The molecule has 1 aromatic carbocycles. The molecule has 1 aromatic heterocycles. The molecular weight excluding hydrogens is 295 g/mol. The zero-order valence-electron chi connectivity index (χ0n) is 10.3. The van der Waals surface area contributed by atoms with E-state index in [2.05, 4.69) is 32.9 Å². The quantitative estimate of drug-likeness (QED) is 0.896. The molecule has 0 amide bonds. The van der Waals surface area contributed by atoms with Crippen LogP contribution < -0.4 is 0 Å². The van der Waals surface area contributed by atoms with Crippen molar-refractivity contribution in [2.75, 3.05) is 13.6 Å². The Bertz CT molecular complexity index is 578. The van der Waals surface area contributed by atoms with Crippen molar-refractivity contribution in [3.8, 4) is 0 Å². The highest BCUT2D eigenvalue weighted by Gasteiger charge is 2.23. The van der Waals surface area contributed by atoms with E-state index in [1.165, 1.54) is 31.0 Å². The number of rotatable bonds is 2. The summed E-state index contributed by atoms with van der Waals surface area (Å²) in [7, 11) is 2.18. The van der Waals surface area contributed by atoms with Crippen molar-refractivity contribution in [3.05, 3.63) is 34.2 Å². The Hall–Kier alpha value is -0.870. The van der Waals surface area contributed by atoms with Gasteiger partial charge in [-0.05, 0) is 72.5 Å². The molecule has 1 aliphatic rings. The Morgan fingerprint density at radius 3 is 3.06 bits per heavy atom. The molecule has 0 aliphatic carbocycles. The number of likely N-dealkylation sites (tertiary alicyclic amines) is 1. The van der Waals surface area contributed by atoms with Crippen LogP contribution in [-0.2, 0) is 6.42 Å². The van der Waals surface area contributed by atoms with Crippen LogP contribution in [0.3, 0.4) is 0 Å². The summed E-state index contributed by atoms with van der Waals surface area (Å²) in [6.07, 6.45) is 3.54. The number of fused-ring (bicyclic) bond motifs is 1. The van der Waals surface area contributed by atoms with Crippen molar-refractivity contribution in [2.45, 2.75) is 25.3 Å². The molecule has 4 heteroatoms. The fourth-order valence-corrected chi connectivity index (χ4v) is 3.46. The van der Waals surface area contributed by atoms with E-state index in [4.69, 9.17) is 0 Å². The summed E-state index contributed by atoms with van der Waals surface area (Å²) in [5.41, 5.74) is 2.14. The van der Waals surface area contributed by atoms with Gasteiger partial charge in [0.25, 0.3) is 0 Å². The number of likely N-dealkylation sites (N-methyl/N-ethyl adjacent to an activating group) is 1. The van der Waals surface area contributed by atoms with Crippen LogP contribution in [-0.4, -0.2) is 29.5 Å². The first kappa shape index (κ1) is 12.2. The molecule has 1 atom stereocenters. The fraction of sp³-hybridized carbons (Fsp3) is 0.429. The second-order valence-electron chi connectivity index (χ2n) is 5.09. The van der Waals surface area contributed by atoms with Crippen LogP contribution in [0.5, 0.6) is 0 Å². The number of halogens is 2. The minimum Gasteiger partial charge on any atom is -0.349 e. The average Bonchev–Trinajstić information content (AvgIpc) is 2.85. The number of aromatic amines is 1. The number of benzene rings is 1. The molecule has 1 unspecified atom stereocenters. The number of H-pyrrole nitrogens is 1. The molecule has 0 bridgehead atoms. The van der Waals surface area contributed by atoms with Gasteiger partial charge in [0.15, 0.2) is 0 Å². The van der Waals surface area contributed by atoms with Gasteiger partial charge >= 0.3 is 0 Å². The van der Waals surface area contributed by atoms with Crippen molar-refractivity contribution >= 4 is 26.8 Å². The predicted molar refractivity (Wildman–Crippen MR) is 75.3 cm³/mol. The number of hydrogen-bond acceptors (Lipinski definition) is 1. The number of hydrogen-bond donors (Lipinski definition) is 1. The summed E-state index contributed by atoms with van der Waals surface area (Å²) < 4.78 is 14.2. The predicted octanol–water partition coefficient (Wildman–Crippen LogP) is 3.71. The lowest BCUT2D eigenvalue weighted by Gasteiger charge is -2.19. The lowest BCUT2D eigenvalue weighted by Crippen LogP contribution is -2.26. The van der Waals surface area contributed by atoms with E-state index in [0.717, 1.165) is 21.9 Å². The zero-order chi connectivity index (χ0) is 12.7. The highest BCUT2D eigenvalue weighted by Crippen LogP contribution is 2.30. The molecule has 96 valence electrons. The second kappa shape index (κ2) is 4.67. The van der Waals surface area contributed by atoms with E-state index in [1.807, 2.05) is 6.07 Å². The minimum absolute atomic E-state index is 0.194. The molecule has 1 fully saturated rings. The summed E-state index contributed by atoms with van der Waals surface area (Å²) >= 11 is 3.56. The van der Waals surface area contributed by atoms with Crippen molar-refractivity contribution in [1.29, 1.82) is 0 Å². The first-order valence-corrected chi connectivity index (χ1v) is 7.10. The van der Waals surface area contributed by atoms with Crippen LogP contribution >= 0.6 is 15.9 Å². The Labute approximate surface area is 114 Å². The molecule has 1 aliphatic heterocycles. The first-order valence-electron chi connectivity index (χ1n) is 6.31. The SMILES string of the molecule is CN1CCCC1Cc1c(Br)[nH]c2cc(F)ccc12. The monoisotopic (exact) mass is 310 g/mol. The van der Waals surface area contributed by atoms with Crippen LogP contribution in [0.4, 0.5) is 4.39 Å². The van der Waals surface area contributed by atoms with Crippen LogP contribution in [0.15, 0.2) is 22.8 Å². The summed E-state index contributed by atoms with van der Waals surface area (Å²) in [6.45, 7) is 1.18. The highest BCUT2D eigenvalue weighted by atomic mass is 79.9. The second-order valence-corrected chi connectivity index (χ2v) is 5.88. The van der Waals surface area contributed by atoms with Gasteiger partial charge in [0.1, 0.15) is 5.82 Å². The minimum atomic E-state index is -0.194. The highest BCUT2D eigenvalue weighted by molar-refractivity contribution is 9.10. The molecule has 1 N–H and O–H groups in total. The van der Waals surface area contributed by atoms with Crippen molar-refractivity contribution in [2.24, 2.45) is 0 Å². The third kappa shape index (κ3) is 2.08. The Morgan fingerprint density at radius 1 is 1.50 bits per heavy atom. The summed E-state index contributed by atoms with van der Waals surface area (Å²) in [6, 6.07) is 5.56. The lowest BCUT2D eigenvalue weighted by molar-refractivity contribution is 0.309. The molecular formula is C14H16BrFN2. The molecule has 2 heterocycles. The van der Waals surface area contributed by atoms with Crippen molar-refractivity contribution in [3.63, 3.8) is 0 Å². The number of nitrogens with zero attached hydrogens (tertiary/aromatic N) is 1. The fourth-order valence-electron chi connectivity index (χ4n) is 2.87. The summed E-state index contributed by atoms with van der Waals surface area (Å²) in [5.74, 6) is -0.194. The van der Waals surface area contributed by atoms with E-state index >= 15 is 0 Å². The normalized spacial score (nSPS) is 20.9. The zero-order valence-corrected chi connectivity index (χ0v) is 11.9. The topological polar surface area (TPSA) is 19.0 Å². The van der Waals surface area contributed by atoms with Crippen molar-refractivity contribution < 1.29 is 4.39 Å². The maximum absolute atomic E-state index is 13.2. The number of aromatic nitrogens is 1. The van der Waals surface area contributed by atoms with Crippen LogP contribution in [0, 0.1) is 5.82 Å². The average molecular weight is 311 g/mol. The van der Waals surface area contributed by atoms with E-state index in [1.54, 1.807) is 6.07 Å². The van der Waals surface area contributed by atoms with Gasteiger partial charge < -0.3 is 9.88 Å². The van der Waals surface area contributed by atoms with Gasteiger partial charge in [0, 0.05) is 16.9 Å². The van der Waals surface area contributed by atoms with Crippen LogP contribution in [0.2, 0.25) is 0 Å². The van der Waals surface area contributed by atoms with E-state index in [9.17, 15) is 4.39 Å². The standard InChI is InChI=1S/C14H16BrFN2/c1-18-6-2-3-10(18)8-12-11-5-4-9(16)7-13(11)17-14(12)15/h4-5,7,10,17H,2-3,6,8H2,1H3. The first-order chi connectivity index (χ1) is 8.65. The van der Waals surface area contributed by atoms with Gasteiger partial charge in [-0.25, -0.2) is 4.39 Å². The summed E-state index contributed by atoms with van der Waals surface area (Å²) in [5, 5.41) is 1.13.